The predicted molar refractivity (Wildman–Crippen MR) is 114 cm³/mol. The van der Waals surface area contributed by atoms with Crippen molar-refractivity contribution < 1.29 is 4.79 Å². The minimum atomic E-state index is 0.226. The molecule has 1 heterocycles. The lowest BCUT2D eigenvalue weighted by molar-refractivity contribution is -0.132. The monoisotopic (exact) mass is 392 g/mol. The lowest BCUT2D eigenvalue weighted by Crippen LogP contribution is -2.32. The third kappa shape index (κ3) is 5.26. The standard InChI is InChI=1S/C24H32N4O/c1-17(2)21-8-6-20(7-9-21)16-27(22-10-11-22)24(29)13-12-23-18(3)26-28(19(23)4)15-5-14-25/h6-9,17,22H,5,10-13,15-16H2,1-4H3. The molecule has 1 saturated carbocycles. The van der Waals surface area contributed by atoms with Crippen LogP contribution >= 0.6 is 0 Å². The number of benzene rings is 1. The highest BCUT2D eigenvalue weighted by Gasteiger charge is 2.32. The Balaban J connectivity index is 1.63. The zero-order valence-electron chi connectivity index (χ0n) is 18.1. The SMILES string of the molecule is Cc1nn(CCC#N)c(C)c1CCC(=O)N(Cc1ccc(C(C)C)cc1)C1CC1. The van der Waals surface area contributed by atoms with Gasteiger partial charge in [-0.2, -0.15) is 10.4 Å². The summed E-state index contributed by atoms with van der Waals surface area (Å²) < 4.78 is 1.90. The minimum Gasteiger partial charge on any atom is -0.335 e. The van der Waals surface area contributed by atoms with E-state index in [-0.39, 0.29) is 5.91 Å². The Morgan fingerprint density at radius 2 is 1.97 bits per heavy atom. The molecule has 0 N–H and O–H groups in total. The maximum absolute atomic E-state index is 13.0. The first-order chi connectivity index (χ1) is 13.9. The first-order valence-corrected chi connectivity index (χ1v) is 10.7. The molecule has 0 aliphatic heterocycles. The molecule has 1 aromatic carbocycles. The fourth-order valence-corrected chi connectivity index (χ4v) is 3.86. The highest BCUT2D eigenvalue weighted by Crippen LogP contribution is 2.30. The Hall–Kier alpha value is -2.61. The third-order valence-electron chi connectivity index (χ3n) is 5.86. The molecule has 1 aliphatic rings. The van der Waals surface area contributed by atoms with Crippen LogP contribution in [0.1, 0.15) is 73.5 Å². The van der Waals surface area contributed by atoms with Crippen LogP contribution < -0.4 is 0 Å². The normalized spacial score (nSPS) is 13.5. The number of hydrogen-bond acceptors (Lipinski definition) is 3. The summed E-state index contributed by atoms with van der Waals surface area (Å²) >= 11 is 0. The topological polar surface area (TPSA) is 61.9 Å². The van der Waals surface area contributed by atoms with Crippen molar-refractivity contribution in [2.75, 3.05) is 0 Å². The summed E-state index contributed by atoms with van der Waals surface area (Å²) in [5.74, 6) is 0.745. The molecular formula is C24H32N4O. The summed E-state index contributed by atoms with van der Waals surface area (Å²) in [6, 6.07) is 11.2. The Morgan fingerprint density at radius 3 is 2.55 bits per heavy atom. The summed E-state index contributed by atoms with van der Waals surface area (Å²) in [6.07, 6.45) is 3.89. The number of nitrogens with zero attached hydrogens (tertiary/aromatic N) is 4. The van der Waals surface area contributed by atoms with Crippen LogP contribution in [0.15, 0.2) is 24.3 Å². The van der Waals surface area contributed by atoms with Gasteiger partial charge in [0.1, 0.15) is 0 Å². The summed E-state index contributed by atoms with van der Waals surface area (Å²) in [6.45, 7) is 9.72. The van der Waals surface area contributed by atoms with Crippen LogP contribution in [0, 0.1) is 25.2 Å². The van der Waals surface area contributed by atoms with E-state index in [4.69, 9.17) is 5.26 Å². The lowest BCUT2D eigenvalue weighted by atomic mass is 10.0. The second kappa shape index (κ2) is 9.26. The van der Waals surface area contributed by atoms with Crippen LogP contribution in [0.5, 0.6) is 0 Å². The van der Waals surface area contributed by atoms with Gasteiger partial charge in [-0.05, 0) is 55.7 Å². The van der Waals surface area contributed by atoms with Crippen molar-refractivity contribution in [1.82, 2.24) is 14.7 Å². The van der Waals surface area contributed by atoms with Gasteiger partial charge in [0.25, 0.3) is 0 Å². The smallest absolute Gasteiger partial charge is 0.223 e. The molecule has 0 bridgehead atoms. The van der Waals surface area contributed by atoms with E-state index in [0.717, 1.165) is 29.8 Å². The second-order valence-electron chi connectivity index (χ2n) is 8.43. The largest absolute Gasteiger partial charge is 0.335 e. The first-order valence-electron chi connectivity index (χ1n) is 10.7. The maximum atomic E-state index is 13.0. The van der Waals surface area contributed by atoms with E-state index in [9.17, 15) is 4.79 Å². The van der Waals surface area contributed by atoms with Gasteiger partial charge in [0, 0.05) is 24.7 Å². The van der Waals surface area contributed by atoms with Gasteiger partial charge in [0.2, 0.25) is 5.91 Å². The molecule has 3 rings (SSSR count). The molecule has 0 radical (unpaired) electrons. The van der Waals surface area contributed by atoms with Crippen LogP contribution in [-0.2, 0) is 24.3 Å². The number of carbonyl (C=O) groups is 1. The number of rotatable bonds is 9. The number of aromatic nitrogens is 2. The van der Waals surface area contributed by atoms with Crippen molar-refractivity contribution in [3.8, 4) is 6.07 Å². The molecule has 1 aliphatic carbocycles. The van der Waals surface area contributed by atoms with E-state index >= 15 is 0 Å². The molecule has 0 saturated heterocycles. The average Bonchev–Trinajstić information content (AvgIpc) is 3.50. The summed E-state index contributed by atoms with van der Waals surface area (Å²) in [5.41, 5.74) is 5.72. The average molecular weight is 393 g/mol. The van der Waals surface area contributed by atoms with Crippen LogP contribution in [-0.4, -0.2) is 26.6 Å². The van der Waals surface area contributed by atoms with Crippen molar-refractivity contribution in [3.63, 3.8) is 0 Å². The molecule has 5 heteroatoms. The lowest BCUT2D eigenvalue weighted by Gasteiger charge is -2.23. The number of hydrogen-bond donors (Lipinski definition) is 0. The van der Waals surface area contributed by atoms with Crippen molar-refractivity contribution in [3.05, 3.63) is 52.3 Å². The van der Waals surface area contributed by atoms with Crippen LogP contribution in [0.2, 0.25) is 0 Å². The molecule has 1 amide bonds. The summed E-state index contributed by atoms with van der Waals surface area (Å²) in [7, 11) is 0. The van der Waals surface area contributed by atoms with E-state index in [2.05, 4.69) is 54.2 Å². The minimum absolute atomic E-state index is 0.226. The Morgan fingerprint density at radius 1 is 1.28 bits per heavy atom. The molecule has 154 valence electrons. The maximum Gasteiger partial charge on any atom is 0.223 e. The van der Waals surface area contributed by atoms with Crippen molar-refractivity contribution in [2.45, 2.75) is 84.8 Å². The molecule has 2 aromatic rings. The molecule has 0 atom stereocenters. The third-order valence-corrected chi connectivity index (χ3v) is 5.86. The van der Waals surface area contributed by atoms with E-state index in [1.807, 2.05) is 18.5 Å². The molecule has 1 fully saturated rings. The van der Waals surface area contributed by atoms with Gasteiger partial charge in [-0.15, -0.1) is 0 Å². The number of nitriles is 1. The quantitative estimate of drug-likeness (QED) is 0.623. The van der Waals surface area contributed by atoms with Crippen molar-refractivity contribution in [2.24, 2.45) is 0 Å². The van der Waals surface area contributed by atoms with Crippen molar-refractivity contribution >= 4 is 5.91 Å². The predicted octanol–water partition coefficient (Wildman–Crippen LogP) is 4.66. The molecule has 5 nitrogen and oxygen atoms in total. The Kier molecular flexibility index (Phi) is 6.74. The van der Waals surface area contributed by atoms with Crippen LogP contribution in [0.25, 0.3) is 0 Å². The molecule has 0 unspecified atom stereocenters. The van der Waals surface area contributed by atoms with Gasteiger partial charge < -0.3 is 4.90 Å². The molecule has 0 spiro atoms. The fraction of sp³-hybridized carbons (Fsp3) is 0.542. The zero-order chi connectivity index (χ0) is 21.0. The van der Waals surface area contributed by atoms with Gasteiger partial charge in [0.15, 0.2) is 0 Å². The zero-order valence-corrected chi connectivity index (χ0v) is 18.1. The van der Waals surface area contributed by atoms with Crippen molar-refractivity contribution in [1.29, 1.82) is 5.26 Å². The van der Waals surface area contributed by atoms with Gasteiger partial charge >= 0.3 is 0 Å². The second-order valence-corrected chi connectivity index (χ2v) is 8.43. The van der Waals surface area contributed by atoms with Gasteiger partial charge in [-0.3, -0.25) is 9.48 Å². The van der Waals surface area contributed by atoms with Crippen LogP contribution in [0.3, 0.4) is 0 Å². The van der Waals surface area contributed by atoms with Crippen LogP contribution in [0.4, 0.5) is 0 Å². The van der Waals surface area contributed by atoms with E-state index in [0.29, 0.717) is 44.3 Å². The molecule has 1 aromatic heterocycles. The van der Waals surface area contributed by atoms with Gasteiger partial charge in [0.05, 0.1) is 24.7 Å². The Labute approximate surface area is 174 Å². The summed E-state index contributed by atoms with van der Waals surface area (Å²) in [5, 5.41) is 13.4. The fourth-order valence-electron chi connectivity index (χ4n) is 3.86. The van der Waals surface area contributed by atoms with Gasteiger partial charge in [-0.1, -0.05) is 38.1 Å². The number of aryl methyl sites for hydroxylation is 2. The van der Waals surface area contributed by atoms with E-state index in [1.54, 1.807) is 0 Å². The number of amides is 1. The van der Waals surface area contributed by atoms with Gasteiger partial charge in [-0.25, -0.2) is 0 Å². The van der Waals surface area contributed by atoms with E-state index < -0.39 is 0 Å². The highest BCUT2D eigenvalue weighted by atomic mass is 16.2. The Bertz CT molecular complexity index is 885. The molecular weight excluding hydrogens is 360 g/mol. The molecule has 29 heavy (non-hydrogen) atoms. The van der Waals surface area contributed by atoms with E-state index in [1.165, 1.54) is 11.1 Å². The number of carbonyl (C=O) groups excluding carboxylic acids is 1. The summed E-state index contributed by atoms with van der Waals surface area (Å²) in [4.78, 5) is 15.1. The first kappa shape index (κ1) is 21.1. The highest BCUT2D eigenvalue weighted by molar-refractivity contribution is 5.77.